The molecule has 0 heterocycles. The van der Waals surface area contributed by atoms with Crippen LogP contribution in [-0.4, -0.2) is 5.71 Å². The molecule has 0 spiro atoms. The molecule has 0 atom stereocenters. The highest BCUT2D eigenvalue weighted by Gasteiger charge is 1.98. The Bertz CT molecular complexity index is 287. The van der Waals surface area contributed by atoms with E-state index in [0.29, 0.717) is 0 Å². The first-order chi connectivity index (χ1) is 5.61. The summed E-state index contributed by atoms with van der Waals surface area (Å²) < 4.78 is 0. The van der Waals surface area contributed by atoms with Gasteiger partial charge in [0.25, 0.3) is 0 Å². The normalized spacial score (nSPS) is 9.67. The van der Waals surface area contributed by atoms with Gasteiger partial charge in [0.15, 0.2) is 0 Å². The lowest BCUT2D eigenvalue weighted by Gasteiger charge is -2.03. The van der Waals surface area contributed by atoms with Gasteiger partial charge in [-0.05, 0) is 38.8 Å². The van der Waals surface area contributed by atoms with Crippen LogP contribution in [-0.2, 0) is 0 Å². The van der Waals surface area contributed by atoms with Gasteiger partial charge in [0.1, 0.15) is 0 Å². The van der Waals surface area contributed by atoms with E-state index in [1.54, 1.807) is 0 Å². The third kappa shape index (κ3) is 1.94. The first-order valence-electron chi connectivity index (χ1n) is 4.19. The summed E-state index contributed by atoms with van der Waals surface area (Å²) in [5.74, 6) is 0. The number of rotatable bonds is 1. The van der Waals surface area contributed by atoms with E-state index in [4.69, 9.17) is 0 Å². The molecule has 0 saturated carbocycles. The van der Waals surface area contributed by atoms with Gasteiger partial charge < -0.3 is 0 Å². The summed E-state index contributed by atoms with van der Waals surface area (Å²) >= 11 is 0. The molecule has 0 N–H and O–H groups in total. The highest BCUT2D eigenvalue weighted by atomic mass is 14.7. The topological polar surface area (TPSA) is 12.4 Å². The Morgan fingerprint density at radius 1 is 1.08 bits per heavy atom. The van der Waals surface area contributed by atoms with Crippen molar-refractivity contribution < 1.29 is 0 Å². The number of hydrogen-bond acceptors (Lipinski definition) is 1. The first-order valence-corrected chi connectivity index (χ1v) is 4.19. The van der Waals surface area contributed by atoms with Crippen LogP contribution >= 0.6 is 0 Å². The summed E-state index contributed by atoms with van der Waals surface area (Å²) in [6.45, 7) is 8.22. The van der Waals surface area contributed by atoms with Gasteiger partial charge in [-0.1, -0.05) is 18.2 Å². The molecule has 0 unspecified atom stereocenters. The maximum absolute atomic E-state index is 4.48. The van der Waals surface area contributed by atoms with Crippen LogP contribution in [0.4, 0.5) is 5.69 Å². The highest BCUT2D eigenvalue weighted by molar-refractivity contribution is 5.83. The molecule has 0 aromatic heterocycles. The second kappa shape index (κ2) is 3.53. The summed E-state index contributed by atoms with van der Waals surface area (Å²) in [7, 11) is 0. The largest absolute Gasteiger partial charge is 0.258 e. The highest BCUT2D eigenvalue weighted by Crippen LogP contribution is 2.22. The molecule has 1 nitrogen and oxygen atoms in total. The Balaban J connectivity index is 3.22. The van der Waals surface area contributed by atoms with E-state index in [2.05, 4.69) is 37.0 Å². The molecule has 0 saturated heterocycles. The minimum absolute atomic E-state index is 1.10. The van der Waals surface area contributed by atoms with Crippen molar-refractivity contribution in [3.05, 3.63) is 29.3 Å². The maximum Gasteiger partial charge on any atom is 0.0687 e. The van der Waals surface area contributed by atoms with Gasteiger partial charge in [-0.3, -0.25) is 4.99 Å². The fraction of sp³-hybridized carbons (Fsp3) is 0.364. The number of para-hydroxylation sites is 1. The monoisotopic (exact) mass is 161 g/mol. The predicted octanol–water partition coefficient (Wildman–Crippen LogP) is 3.42. The average molecular weight is 161 g/mol. The summed E-state index contributed by atoms with van der Waals surface area (Å²) in [4.78, 5) is 4.48. The van der Waals surface area contributed by atoms with Crippen LogP contribution in [0.2, 0.25) is 0 Å². The van der Waals surface area contributed by atoms with E-state index in [1.165, 1.54) is 11.1 Å². The minimum atomic E-state index is 1.10. The van der Waals surface area contributed by atoms with E-state index in [-0.39, 0.29) is 0 Å². The Morgan fingerprint density at radius 2 is 1.58 bits per heavy atom. The van der Waals surface area contributed by atoms with Gasteiger partial charge in [-0.2, -0.15) is 0 Å². The molecule has 0 bridgehead atoms. The van der Waals surface area contributed by atoms with E-state index >= 15 is 0 Å². The molecule has 0 aliphatic heterocycles. The quantitative estimate of drug-likeness (QED) is 0.560. The molecule has 0 radical (unpaired) electrons. The maximum atomic E-state index is 4.48. The summed E-state index contributed by atoms with van der Waals surface area (Å²) in [5.41, 5.74) is 4.72. The number of benzene rings is 1. The van der Waals surface area contributed by atoms with Crippen LogP contribution in [0, 0.1) is 13.8 Å². The lowest BCUT2D eigenvalue weighted by molar-refractivity contribution is 1.32. The summed E-state index contributed by atoms with van der Waals surface area (Å²) in [5, 5.41) is 0. The average Bonchev–Trinajstić information content (AvgIpc) is 1.97. The van der Waals surface area contributed by atoms with Crippen LogP contribution in [0.1, 0.15) is 25.0 Å². The molecule has 1 aromatic carbocycles. The second-order valence-corrected chi connectivity index (χ2v) is 3.30. The standard InChI is InChI=1S/C11H15N/c1-8(2)12-11-9(3)6-5-7-10(11)4/h5-7H,1-4H3. The molecule has 0 fully saturated rings. The molecule has 1 heteroatoms. The van der Waals surface area contributed by atoms with Gasteiger partial charge in [0, 0.05) is 5.71 Å². The van der Waals surface area contributed by atoms with Crippen molar-refractivity contribution in [3.63, 3.8) is 0 Å². The van der Waals surface area contributed by atoms with Crippen molar-refractivity contribution in [1.82, 2.24) is 0 Å². The number of hydrogen-bond donors (Lipinski definition) is 0. The first kappa shape index (κ1) is 8.98. The third-order valence-corrected chi connectivity index (χ3v) is 1.77. The minimum Gasteiger partial charge on any atom is -0.258 e. The van der Waals surface area contributed by atoms with Crippen molar-refractivity contribution in [2.75, 3.05) is 0 Å². The smallest absolute Gasteiger partial charge is 0.0687 e. The summed E-state index contributed by atoms with van der Waals surface area (Å²) in [6.07, 6.45) is 0. The van der Waals surface area contributed by atoms with Gasteiger partial charge in [-0.25, -0.2) is 0 Å². The molecule has 0 aliphatic carbocycles. The van der Waals surface area contributed by atoms with Gasteiger partial charge in [0.05, 0.1) is 5.69 Å². The van der Waals surface area contributed by atoms with Crippen LogP contribution < -0.4 is 0 Å². The Kier molecular flexibility index (Phi) is 2.64. The predicted molar refractivity (Wildman–Crippen MR) is 54.4 cm³/mol. The van der Waals surface area contributed by atoms with E-state index in [1.807, 2.05) is 13.8 Å². The van der Waals surface area contributed by atoms with Gasteiger partial charge in [0.2, 0.25) is 0 Å². The molecular weight excluding hydrogens is 146 g/mol. The molecule has 0 aliphatic rings. The fourth-order valence-corrected chi connectivity index (χ4v) is 1.21. The summed E-state index contributed by atoms with van der Waals surface area (Å²) in [6, 6.07) is 6.25. The van der Waals surface area contributed by atoms with E-state index in [0.717, 1.165) is 11.4 Å². The van der Waals surface area contributed by atoms with Crippen LogP contribution in [0.3, 0.4) is 0 Å². The van der Waals surface area contributed by atoms with Crippen molar-refractivity contribution in [1.29, 1.82) is 0 Å². The zero-order valence-electron chi connectivity index (χ0n) is 8.18. The van der Waals surface area contributed by atoms with E-state index < -0.39 is 0 Å². The zero-order chi connectivity index (χ0) is 9.14. The van der Waals surface area contributed by atoms with Crippen molar-refractivity contribution in [2.24, 2.45) is 4.99 Å². The molecule has 0 amide bonds. The van der Waals surface area contributed by atoms with Crippen LogP contribution in [0.15, 0.2) is 23.2 Å². The Labute approximate surface area is 74.2 Å². The van der Waals surface area contributed by atoms with E-state index in [9.17, 15) is 0 Å². The molecular formula is C11H15N. The molecule has 12 heavy (non-hydrogen) atoms. The zero-order valence-corrected chi connectivity index (χ0v) is 8.18. The van der Waals surface area contributed by atoms with Crippen molar-refractivity contribution in [2.45, 2.75) is 27.7 Å². The number of aliphatic imine (C=N–C) groups is 1. The lowest BCUT2D eigenvalue weighted by Crippen LogP contribution is -1.84. The van der Waals surface area contributed by atoms with Gasteiger partial charge in [-0.15, -0.1) is 0 Å². The Hall–Kier alpha value is -1.11. The van der Waals surface area contributed by atoms with Crippen LogP contribution in [0.25, 0.3) is 0 Å². The lowest BCUT2D eigenvalue weighted by atomic mass is 10.1. The third-order valence-electron chi connectivity index (χ3n) is 1.77. The fourth-order valence-electron chi connectivity index (χ4n) is 1.21. The number of nitrogens with zero attached hydrogens (tertiary/aromatic N) is 1. The van der Waals surface area contributed by atoms with Crippen LogP contribution in [0.5, 0.6) is 0 Å². The second-order valence-electron chi connectivity index (χ2n) is 3.30. The van der Waals surface area contributed by atoms with Crippen molar-refractivity contribution in [3.8, 4) is 0 Å². The van der Waals surface area contributed by atoms with Gasteiger partial charge >= 0.3 is 0 Å². The Morgan fingerprint density at radius 3 is 2.00 bits per heavy atom. The van der Waals surface area contributed by atoms with Crippen molar-refractivity contribution >= 4 is 11.4 Å². The SMILES string of the molecule is CC(C)=Nc1c(C)cccc1C. The molecule has 1 rings (SSSR count). The molecule has 1 aromatic rings. The number of aryl methyl sites for hydroxylation is 2. The molecule has 64 valence electrons.